The molecule has 82 valence electrons. The number of anilines is 1. The zero-order valence-corrected chi connectivity index (χ0v) is 9.39. The number of likely N-dealkylation sites (N-methyl/N-ethyl adjacent to an activating group) is 1. The fourth-order valence-electron chi connectivity index (χ4n) is 1.08. The largest absolute Gasteiger partial charge is 0.497 e. The maximum absolute atomic E-state index is 11.3. The Kier molecular flexibility index (Phi) is 4.39. The molecule has 0 unspecified atom stereocenters. The van der Waals surface area contributed by atoms with Crippen molar-refractivity contribution in [1.29, 1.82) is 0 Å². The SMILES string of the molecule is CNCC(=O)Nc1cc(OC)ccc1Cl. The van der Waals surface area contributed by atoms with Crippen molar-refractivity contribution < 1.29 is 9.53 Å². The number of carbonyl (C=O) groups is 1. The molecule has 5 heteroatoms. The highest BCUT2D eigenvalue weighted by molar-refractivity contribution is 6.33. The molecule has 0 aliphatic rings. The first-order chi connectivity index (χ1) is 7.17. The van der Waals surface area contributed by atoms with Crippen molar-refractivity contribution in [3.8, 4) is 5.75 Å². The monoisotopic (exact) mass is 228 g/mol. The Labute approximate surface area is 93.6 Å². The molecule has 0 heterocycles. The van der Waals surface area contributed by atoms with E-state index in [0.717, 1.165) is 0 Å². The van der Waals surface area contributed by atoms with Crippen LogP contribution in [0.5, 0.6) is 5.75 Å². The predicted octanol–water partition coefficient (Wildman–Crippen LogP) is 1.51. The normalized spacial score (nSPS) is 9.80. The van der Waals surface area contributed by atoms with Crippen LogP contribution in [0.15, 0.2) is 18.2 Å². The molecule has 2 N–H and O–H groups in total. The van der Waals surface area contributed by atoms with Gasteiger partial charge in [0.1, 0.15) is 5.75 Å². The van der Waals surface area contributed by atoms with Crippen LogP contribution in [0, 0.1) is 0 Å². The lowest BCUT2D eigenvalue weighted by Gasteiger charge is -2.08. The summed E-state index contributed by atoms with van der Waals surface area (Å²) < 4.78 is 5.03. The molecule has 0 aliphatic carbocycles. The Morgan fingerprint density at radius 2 is 2.27 bits per heavy atom. The zero-order chi connectivity index (χ0) is 11.3. The number of nitrogens with one attached hydrogen (secondary N) is 2. The molecule has 0 saturated heterocycles. The first-order valence-corrected chi connectivity index (χ1v) is 4.83. The van der Waals surface area contributed by atoms with E-state index in [-0.39, 0.29) is 12.5 Å². The van der Waals surface area contributed by atoms with E-state index in [1.54, 1.807) is 32.4 Å². The highest BCUT2D eigenvalue weighted by atomic mass is 35.5. The Balaban J connectivity index is 2.79. The lowest BCUT2D eigenvalue weighted by molar-refractivity contribution is -0.115. The van der Waals surface area contributed by atoms with Gasteiger partial charge in [0.25, 0.3) is 0 Å². The number of ether oxygens (including phenoxy) is 1. The molecule has 0 spiro atoms. The van der Waals surface area contributed by atoms with Crippen LogP contribution in [-0.4, -0.2) is 26.6 Å². The lowest BCUT2D eigenvalue weighted by atomic mass is 10.3. The Bertz CT molecular complexity index is 355. The molecule has 1 aromatic carbocycles. The van der Waals surface area contributed by atoms with Gasteiger partial charge in [0.15, 0.2) is 0 Å². The maximum Gasteiger partial charge on any atom is 0.238 e. The van der Waals surface area contributed by atoms with E-state index in [1.165, 1.54) is 0 Å². The minimum atomic E-state index is -0.146. The van der Waals surface area contributed by atoms with Crippen molar-refractivity contribution >= 4 is 23.2 Å². The third kappa shape index (κ3) is 3.42. The van der Waals surface area contributed by atoms with Gasteiger partial charge < -0.3 is 15.4 Å². The first kappa shape index (κ1) is 11.8. The molecule has 0 atom stereocenters. The quantitative estimate of drug-likeness (QED) is 0.821. The van der Waals surface area contributed by atoms with E-state index in [4.69, 9.17) is 16.3 Å². The molecule has 1 rings (SSSR count). The molecule has 0 aliphatic heterocycles. The van der Waals surface area contributed by atoms with Gasteiger partial charge in [-0.25, -0.2) is 0 Å². The predicted molar refractivity (Wildman–Crippen MR) is 60.6 cm³/mol. The summed E-state index contributed by atoms with van der Waals surface area (Å²) in [6, 6.07) is 5.08. The van der Waals surface area contributed by atoms with Gasteiger partial charge in [0.2, 0.25) is 5.91 Å². The van der Waals surface area contributed by atoms with Gasteiger partial charge in [-0.1, -0.05) is 11.6 Å². The van der Waals surface area contributed by atoms with Gasteiger partial charge in [0, 0.05) is 6.07 Å². The zero-order valence-electron chi connectivity index (χ0n) is 8.63. The van der Waals surface area contributed by atoms with Crippen LogP contribution in [-0.2, 0) is 4.79 Å². The summed E-state index contributed by atoms with van der Waals surface area (Å²) in [7, 11) is 3.26. The highest BCUT2D eigenvalue weighted by Gasteiger charge is 2.05. The summed E-state index contributed by atoms with van der Waals surface area (Å²) in [5.74, 6) is 0.506. The van der Waals surface area contributed by atoms with E-state index in [2.05, 4.69) is 10.6 Å². The second-order valence-corrected chi connectivity index (χ2v) is 3.33. The highest BCUT2D eigenvalue weighted by Crippen LogP contribution is 2.26. The number of amides is 1. The maximum atomic E-state index is 11.3. The summed E-state index contributed by atoms with van der Waals surface area (Å²) in [6.07, 6.45) is 0. The Hall–Kier alpha value is -1.26. The summed E-state index contributed by atoms with van der Waals surface area (Å²) in [5, 5.41) is 5.91. The smallest absolute Gasteiger partial charge is 0.238 e. The van der Waals surface area contributed by atoms with Crippen molar-refractivity contribution in [3.05, 3.63) is 23.2 Å². The third-order valence-electron chi connectivity index (χ3n) is 1.78. The number of carbonyl (C=O) groups excluding carboxylic acids is 1. The minimum absolute atomic E-state index is 0.146. The van der Waals surface area contributed by atoms with Crippen LogP contribution in [0.4, 0.5) is 5.69 Å². The van der Waals surface area contributed by atoms with Gasteiger partial charge in [0.05, 0.1) is 24.4 Å². The Morgan fingerprint density at radius 1 is 1.53 bits per heavy atom. The summed E-state index contributed by atoms with van der Waals surface area (Å²) >= 11 is 5.91. The number of hydrogen-bond donors (Lipinski definition) is 2. The van der Waals surface area contributed by atoms with Crippen LogP contribution in [0.2, 0.25) is 5.02 Å². The molecule has 15 heavy (non-hydrogen) atoms. The van der Waals surface area contributed by atoms with Gasteiger partial charge >= 0.3 is 0 Å². The Morgan fingerprint density at radius 3 is 2.87 bits per heavy atom. The number of hydrogen-bond acceptors (Lipinski definition) is 3. The summed E-state index contributed by atoms with van der Waals surface area (Å²) in [4.78, 5) is 11.3. The van der Waals surface area contributed by atoms with Crippen LogP contribution in [0.3, 0.4) is 0 Å². The van der Waals surface area contributed by atoms with Crippen molar-refractivity contribution in [3.63, 3.8) is 0 Å². The number of benzene rings is 1. The van der Waals surface area contributed by atoms with E-state index in [0.29, 0.717) is 16.5 Å². The molecule has 4 nitrogen and oxygen atoms in total. The standard InChI is InChI=1S/C10H13ClN2O2/c1-12-6-10(14)13-9-5-7(15-2)3-4-8(9)11/h3-5,12H,6H2,1-2H3,(H,13,14). The first-order valence-electron chi connectivity index (χ1n) is 4.45. The van der Waals surface area contributed by atoms with Crippen LogP contribution < -0.4 is 15.4 Å². The van der Waals surface area contributed by atoms with Gasteiger partial charge in [-0.3, -0.25) is 4.79 Å². The molecular formula is C10H13ClN2O2. The minimum Gasteiger partial charge on any atom is -0.497 e. The van der Waals surface area contributed by atoms with E-state index >= 15 is 0 Å². The molecule has 0 radical (unpaired) electrons. The van der Waals surface area contributed by atoms with Crippen molar-refractivity contribution in [2.24, 2.45) is 0 Å². The second-order valence-electron chi connectivity index (χ2n) is 2.92. The van der Waals surface area contributed by atoms with E-state index in [1.807, 2.05) is 0 Å². The topological polar surface area (TPSA) is 50.4 Å². The summed E-state index contributed by atoms with van der Waals surface area (Å²) in [5.41, 5.74) is 0.552. The van der Waals surface area contributed by atoms with E-state index < -0.39 is 0 Å². The van der Waals surface area contributed by atoms with Crippen molar-refractivity contribution in [2.75, 3.05) is 26.0 Å². The van der Waals surface area contributed by atoms with Crippen molar-refractivity contribution in [1.82, 2.24) is 5.32 Å². The fraction of sp³-hybridized carbons (Fsp3) is 0.300. The van der Waals surface area contributed by atoms with Gasteiger partial charge in [-0.2, -0.15) is 0 Å². The molecule has 0 saturated carbocycles. The summed E-state index contributed by atoms with van der Waals surface area (Å²) in [6.45, 7) is 0.244. The average molecular weight is 229 g/mol. The van der Waals surface area contributed by atoms with Crippen LogP contribution >= 0.6 is 11.6 Å². The molecule has 1 aromatic rings. The van der Waals surface area contributed by atoms with E-state index in [9.17, 15) is 4.79 Å². The third-order valence-corrected chi connectivity index (χ3v) is 2.11. The van der Waals surface area contributed by atoms with Gasteiger partial charge in [-0.05, 0) is 19.2 Å². The second kappa shape index (κ2) is 5.58. The number of methoxy groups -OCH3 is 1. The number of halogens is 1. The average Bonchev–Trinajstić information content (AvgIpc) is 2.21. The molecule has 0 fully saturated rings. The molecule has 1 amide bonds. The molecule has 0 bridgehead atoms. The van der Waals surface area contributed by atoms with Crippen LogP contribution in [0.1, 0.15) is 0 Å². The van der Waals surface area contributed by atoms with Gasteiger partial charge in [-0.15, -0.1) is 0 Å². The fourth-order valence-corrected chi connectivity index (χ4v) is 1.25. The molecule has 0 aromatic heterocycles. The lowest BCUT2D eigenvalue weighted by Crippen LogP contribution is -2.25. The molecular weight excluding hydrogens is 216 g/mol. The van der Waals surface area contributed by atoms with Crippen molar-refractivity contribution in [2.45, 2.75) is 0 Å². The number of rotatable bonds is 4. The van der Waals surface area contributed by atoms with Crippen LogP contribution in [0.25, 0.3) is 0 Å².